The molecule has 0 aromatic heterocycles. The number of carbonyl (C=O) groups excluding carboxylic acids is 2. The minimum absolute atomic E-state index is 0.00350. The number of benzene rings is 2. The smallest absolute Gasteiger partial charge is 0.251 e. The number of halogens is 3. The number of rotatable bonds is 7. The van der Waals surface area contributed by atoms with Gasteiger partial charge in [0, 0.05) is 11.6 Å². The molecule has 0 bridgehead atoms. The summed E-state index contributed by atoms with van der Waals surface area (Å²) in [5.74, 6) is -2.88. The number of nitrogens with one attached hydrogen (secondary N) is 1. The highest BCUT2D eigenvalue weighted by Crippen LogP contribution is 2.34. The van der Waals surface area contributed by atoms with Gasteiger partial charge in [-0.1, -0.05) is 20.8 Å². The Kier molecular flexibility index (Phi) is 7.33. The van der Waals surface area contributed by atoms with E-state index < -0.39 is 34.9 Å². The first-order valence-electron chi connectivity index (χ1n) is 11.2. The van der Waals surface area contributed by atoms with Crippen molar-refractivity contribution in [2.24, 2.45) is 16.6 Å². The van der Waals surface area contributed by atoms with Gasteiger partial charge in [0.1, 0.15) is 17.5 Å². The molecule has 0 fully saturated rings. The van der Waals surface area contributed by atoms with Crippen LogP contribution in [0, 0.1) is 23.4 Å². The fraction of sp³-hybridized carbons (Fsp3) is 0.400. The van der Waals surface area contributed by atoms with Crippen LogP contribution in [0.15, 0.2) is 41.4 Å². The number of nitrogens with zero attached hydrogens (tertiary/aromatic N) is 2. The van der Waals surface area contributed by atoms with Crippen molar-refractivity contribution in [2.75, 3.05) is 0 Å². The van der Waals surface area contributed by atoms with Crippen molar-refractivity contribution in [3.8, 4) is 0 Å². The molecule has 0 spiro atoms. The molecule has 3 rings (SSSR count). The van der Waals surface area contributed by atoms with E-state index in [1.54, 1.807) is 6.92 Å². The summed E-state index contributed by atoms with van der Waals surface area (Å²) in [7, 11) is 0. The minimum atomic E-state index is -0.765. The lowest BCUT2D eigenvalue weighted by Gasteiger charge is -2.39. The maximum atomic E-state index is 14.3. The molecule has 9 heteroatoms. The third-order valence-electron chi connectivity index (χ3n) is 6.35. The Hall–Kier alpha value is -3.36. The first-order chi connectivity index (χ1) is 15.9. The highest BCUT2D eigenvalue weighted by atomic mass is 19.1. The molecule has 0 aliphatic carbocycles. The Morgan fingerprint density at radius 2 is 1.71 bits per heavy atom. The van der Waals surface area contributed by atoms with Crippen LogP contribution < -0.4 is 11.1 Å². The number of aliphatic imine (C=N–C) groups is 1. The first-order valence-corrected chi connectivity index (χ1v) is 11.2. The van der Waals surface area contributed by atoms with Gasteiger partial charge in [-0.3, -0.25) is 14.5 Å². The Balaban J connectivity index is 1.80. The maximum absolute atomic E-state index is 14.3. The molecule has 34 heavy (non-hydrogen) atoms. The molecule has 6 nitrogen and oxygen atoms in total. The average molecular weight is 475 g/mol. The van der Waals surface area contributed by atoms with Gasteiger partial charge < -0.3 is 11.1 Å². The van der Waals surface area contributed by atoms with Gasteiger partial charge in [-0.15, -0.1) is 0 Å². The van der Waals surface area contributed by atoms with Gasteiger partial charge in [-0.2, -0.15) is 0 Å². The number of hydrogen-bond donors (Lipinski definition) is 2. The van der Waals surface area contributed by atoms with E-state index in [1.165, 1.54) is 17.0 Å². The molecule has 1 aliphatic rings. The topological polar surface area (TPSA) is 87.8 Å². The molecule has 182 valence electrons. The summed E-state index contributed by atoms with van der Waals surface area (Å²) >= 11 is 0. The lowest BCUT2D eigenvalue weighted by Crippen LogP contribution is -2.52. The van der Waals surface area contributed by atoms with E-state index >= 15 is 0 Å². The Labute approximate surface area is 197 Å². The van der Waals surface area contributed by atoms with Gasteiger partial charge in [-0.25, -0.2) is 18.2 Å². The normalized spacial score (nSPS) is 19.2. The highest BCUT2D eigenvalue weighted by molar-refractivity contribution is 5.99. The molecule has 2 aromatic rings. The molecule has 2 unspecified atom stereocenters. The van der Waals surface area contributed by atoms with Crippen molar-refractivity contribution in [3.05, 3.63) is 70.5 Å². The largest absolute Gasteiger partial charge is 0.369 e. The van der Waals surface area contributed by atoms with Gasteiger partial charge >= 0.3 is 0 Å². The summed E-state index contributed by atoms with van der Waals surface area (Å²) in [5, 5.41) is 2.61. The van der Waals surface area contributed by atoms with Crippen molar-refractivity contribution in [1.82, 2.24) is 10.2 Å². The molecule has 0 radical (unpaired) electrons. The summed E-state index contributed by atoms with van der Waals surface area (Å²) in [5.41, 5.74) is 6.14. The molecule has 2 atom stereocenters. The van der Waals surface area contributed by atoms with Crippen molar-refractivity contribution < 1.29 is 22.8 Å². The predicted molar refractivity (Wildman–Crippen MR) is 123 cm³/mol. The number of carbonyl (C=O) groups is 2. The van der Waals surface area contributed by atoms with Crippen LogP contribution in [0.25, 0.3) is 0 Å². The van der Waals surface area contributed by atoms with Gasteiger partial charge in [0.05, 0.1) is 24.5 Å². The van der Waals surface area contributed by atoms with E-state index in [4.69, 9.17) is 5.73 Å². The SMILES string of the molecule is CCC1(C(C)C)CC(=O)N(Cc2cc(F)cc(C(=O)NC(C)c3cc(F)cc(F)c3)c2)C(N)=N1. The van der Waals surface area contributed by atoms with Crippen LogP contribution in [-0.2, 0) is 11.3 Å². The molecule has 1 aliphatic heterocycles. The van der Waals surface area contributed by atoms with Gasteiger partial charge in [0.2, 0.25) is 5.91 Å². The Morgan fingerprint density at radius 1 is 1.09 bits per heavy atom. The van der Waals surface area contributed by atoms with Gasteiger partial charge in [-0.05, 0) is 60.7 Å². The second-order valence-electron chi connectivity index (χ2n) is 8.98. The summed E-state index contributed by atoms with van der Waals surface area (Å²) < 4.78 is 41.3. The number of nitrogens with two attached hydrogens (primary N) is 1. The van der Waals surface area contributed by atoms with Crippen LogP contribution in [0.1, 0.15) is 68.1 Å². The standard InChI is InChI=1S/C25H29F3N4O2/c1-5-25(14(2)3)12-22(33)32(24(29)31-25)13-16-6-18(10-19(26)7-16)23(34)30-15(4)17-8-20(27)11-21(28)9-17/h6-11,14-15H,5,12-13H2,1-4H3,(H2,29,31)(H,30,34). The van der Waals surface area contributed by atoms with E-state index in [-0.39, 0.29) is 41.9 Å². The summed E-state index contributed by atoms with van der Waals surface area (Å²) in [4.78, 5) is 31.5. The fourth-order valence-corrected chi connectivity index (χ4v) is 4.17. The highest BCUT2D eigenvalue weighted by Gasteiger charge is 2.40. The minimum Gasteiger partial charge on any atom is -0.369 e. The zero-order valence-corrected chi connectivity index (χ0v) is 19.7. The van der Waals surface area contributed by atoms with Crippen LogP contribution in [0.2, 0.25) is 0 Å². The zero-order chi connectivity index (χ0) is 25.2. The predicted octanol–water partition coefficient (Wildman–Crippen LogP) is 4.45. The van der Waals surface area contributed by atoms with Crippen molar-refractivity contribution in [2.45, 2.75) is 58.7 Å². The van der Waals surface area contributed by atoms with E-state index in [1.807, 2.05) is 20.8 Å². The zero-order valence-electron chi connectivity index (χ0n) is 19.7. The monoisotopic (exact) mass is 474 g/mol. The van der Waals surface area contributed by atoms with Crippen molar-refractivity contribution >= 4 is 17.8 Å². The van der Waals surface area contributed by atoms with E-state index in [0.29, 0.717) is 12.0 Å². The number of hydrogen-bond acceptors (Lipinski definition) is 4. The van der Waals surface area contributed by atoms with E-state index in [9.17, 15) is 22.8 Å². The third kappa shape index (κ3) is 5.40. The lowest BCUT2D eigenvalue weighted by atomic mass is 9.80. The number of guanidine groups is 1. The van der Waals surface area contributed by atoms with Crippen molar-refractivity contribution in [1.29, 1.82) is 0 Å². The molecule has 2 amide bonds. The Bertz CT molecular complexity index is 1110. The molecular formula is C25H29F3N4O2. The summed E-state index contributed by atoms with van der Waals surface area (Å²) in [6.07, 6.45) is 0.842. The second-order valence-corrected chi connectivity index (χ2v) is 8.98. The third-order valence-corrected chi connectivity index (χ3v) is 6.35. The summed E-state index contributed by atoms with van der Waals surface area (Å²) in [6.45, 7) is 7.44. The molecule has 0 saturated heterocycles. The fourth-order valence-electron chi connectivity index (χ4n) is 4.17. The number of amides is 2. The average Bonchev–Trinajstić information content (AvgIpc) is 2.74. The maximum Gasteiger partial charge on any atom is 0.251 e. The molecule has 0 saturated carbocycles. The first kappa shape index (κ1) is 25.3. The van der Waals surface area contributed by atoms with Crippen LogP contribution in [0.4, 0.5) is 13.2 Å². The van der Waals surface area contributed by atoms with E-state index in [2.05, 4.69) is 10.3 Å². The van der Waals surface area contributed by atoms with Crippen LogP contribution in [-0.4, -0.2) is 28.2 Å². The molecule has 3 N–H and O–H groups in total. The van der Waals surface area contributed by atoms with Crippen molar-refractivity contribution in [3.63, 3.8) is 0 Å². The van der Waals surface area contributed by atoms with Crippen LogP contribution in [0.3, 0.4) is 0 Å². The summed E-state index contributed by atoms with van der Waals surface area (Å²) in [6, 6.07) is 5.95. The molecule has 2 aromatic carbocycles. The molecule has 1 heterocycles. The van der Waals surface area contributed by atoms with Gasteiger partial charge in [0.25, 0.3) is 5.91 Å². The van der Waals surface area contributed by atoms with E-state index in [0.717, 1.165) is 24.3 Å². The van der Waals surface area contributed by atoms with Crippen LogP contribution in [0.5, 0.6) is 0 Å². The van der Waals surface area contributed by atoms with Gasteiger partial charge in [0.15, 0.2) is 5.96 Å². The van der Waals surface area contributed by atoms with Crippen LogP contribution >= 0.6 is 0 Å². The molecular weight excluding hydrogens is 445 g/mol. The Morgan fingerprint density at radius 3 is 2.26 bits per heavy atom. The lowest BCUT2D eigenvalue weighted by molar-refractivity contribution is -0.130. The second kappa shape index (κ2) is 9.87. The quantitative estimate of drug-likeness (QED) is 0.622.